The zero-order valence-electron chi connectivity index (χ0n) is 8.21. The van der Waals surface area contributed by atoms with Gasteiger partial charge in [-0.1, -0.05) is 0 Å². The minimum Gasteiger partial charge on any atom is -0.388 e. The van der Waals surface area contributed by atoms with E-state index in [0.717, 1.165) is 0 Å². The topological polar surface area (TPSA) is 41.5 Å². The molecule has 2 atom stereocenters. The highest BCUT2D eigenvalue weighted by atomic mass is 19.1. The quantitative estimate of drug-likeness (QED) is 0.808. The lowest BCUT2D eigenvalue weighted by Crippen LogP contribution is -2.32. The Morgan fingerprint density at radius 2 is 1.81 bits per heavy atom. The van der Waals surface area contributed by atoms with Crippen LogP contribution in [0, 0.1) is 17.5 Å². The summed E-state index contributed by atoms with van der Waals surface area (Å²) in [6, 6.07) is 0.566. The summed E-state index contributed by atoms with van der Waals surface area (Å²) < 4.78 is 44.0. The van der Waals surface area contributed by atoms with Gasteiger partial charge in [0, 0.05) is 12.1 Å². The summed E-state index contributed by atoms with van der Waals surface area (Å²) in [6.07, 6.45) is -0.830. The van der Waals surface area contributed by atoms with Crippen molar-refractivity contribution in [1.82, 2.24) is 0 Å². The van der Waals surface area contributed by atoms with Crippen LogP contribution in [0.5, 0.6) is 0 Å². The molecule has 0 aliphatic carbocycles. The van der Waals surface area contributed by atoms with Crippen molar-refractivity contribution in [2.24, 2.45) is 0 Å². The summed E-state index contributed by atoms with van der Waals surface area (Å²) in [5.74, 6) is -3.04. The Hall–Kier alpha value is -1.27. The van der Waals surface area contributed by atoms with Crippen molar-refractivity contribution < 1.29 is 23.0 Å². The van der Waals surface area contributed by atoms with Gasteiger partial charge in [-0.2, -0.15) is 0 Å². The lowest BCUT2D eigenvalue weighted by Gasteiger charge is -2.16. The molecular formula is C10H10F3NO2. The van der Waals surface area contributed by atoms with E-state index in [1.807, 2.05) is 0 Å². The molecule has 1 aliphatic rings. The van der Waals surface area contributed by atoms with Gasteiger partial charge in [0.15, 0.2) is 11.6 Å². The van der Waals surface area contributed by atoms with Crippen LogP contribution in [0.15, 0.2) is 12.1 Å². The van der Waals surface area contributed by atoms with E-state index in [9.17, 15) is 18.3 Å². The first-order valence-electron chi connectivity index (χ1n) is 4.75. The Morgan fingerprint density at radius 1 is 1.19 bits per heavy atom. The lowest BCUT2D eigenvalue weighted by atomic mass is 10.2. The molecule has 0 spiro atoms. The van der Waals surface area contributed by atoms with Gasteiger partial charge >= 0.3 is 0 Å². The molecule has 1 fully saturated rings. The van der Waals surface area contributed by atoms with Crippen molar-refractivity contribution in [2.45, 2.75) is 12.1 Å². The zero-order chi connectivity index (χ0) is 11.7. The van der Waals surface area contributed by atoms with Crippen LogP contribution in [0.1, 0.15) is 0 Å². The third kappa shape index (κ3) is 2.12. The number of benzene rings is 1. The molecule has 0 aromatic heterocycles. The number of halogens is 3. The molecule has 0 amide bonds. The molecule has 2 N–H and O–H groups in total. The normalized spacial score (nSPS) is 24.8. The van der Waals surface area contributed by atoms with Gasteiger partial charge in [-0.3, -0.25) is 0 Å². The number of aliphatic hydroxyl groups excluding tert-OH is 1. The highest BCUT2D eigenvalue weighted by molar-refractivity contribution is 5.47. The lowest BCUT2D eigenvalue weighted by molar-refractivity contribution is 0.125. The molecule has 0 saturated carbocycles. The first-order chi connectivity index (χ1) is 7.58. The number of nitrogens with one attached hydrogen (secondary N) is 1. The van der Waals surface area contributed by atoms with E-state index in [0.29, 0.717) is 12.1 Å². The molecule has 88 valence electrons. The predicted octanol–water partition coefficient (Wildman–Crippen LogP) is 1.28. The van der Waals surface area contributed by atoms with Gasteiger partial charge in [0.05, 0.1) is 25.4 Å². The third-order valence-electron chi connectivity index (χ3n) is 2.39. The van der Waals surface area contributed by atoms with Crippen molar-refractivity contribution in [3.05, 3.63) is 29.6 Å². The summed E-state index contributed by atoms with van der Waals surface area (Å²) >= 11 is 0. The molecule has 3 nitrogen and oxygen atoms in total. The van der Waals surface area contributed by atoms with Crippen LogP contribution >= 0.6 is 0 Å². The van der Waals surface area contributed by atoms with Gasteiger partial charge in [0.2, 0.25) is 0 Å². The van der Waals surface area contributed by atoms with E-state index in [4.69, 9.17) is 4.74 Å². The second-order valence-electron chi connectivity index (χ2n) is 3.60. The average molecular weight is 233 g/mol. The average Bonchev–Trinajstić information content (AvgIpc) is 2.57. The summed E-state index contributed by atoms with van der Waals surface area (Å²) in [6.45, 7) is 0.263. The molecule has 2 unspecified atom stereocenters. The maximum atomic E-state index is 13.2. The molecular weight excluding hydrogens is 223 g/mol. The summed E-state index contributed by atoms with van der Waals surface area (Å²) in [5.41, 5.74) is -0.448. The first-order valence-corrected chi connectivity index (χ1v) is 4.75. The second kappa shape index (κ2) is 4.31. The summed E-state index contributed by atoms with van der Waals surface area (Å²) in [7, 11) is 0. The predicted molar refractivity (Wildman–Crippen MR) is 50.6 cm³/mol. The Balaban J connectivity index is 2.21. The monoisotopic (exact) mass is 233 g/mol. The molecule has 1 aromatic carbocycles. The fourth-order valence-corrected chi connectivity index (χ4v) is 1.55. The maximum absolute atomic E-state index is 13.2. The van der Waals surface area contributed by atoms with Crippen LogP contribution in [0.4, 0.5) is 18.9 Å². The minimum absolute atomic E-state index is 0.113. The van der Waals surface area contributed by atoms with E-state index in [1.165, 1.54) is 0 Å². The van der Waals surface area contributed by atoms with Crippen LogP contribution in [0.3, 0.4) is 0 Å². The molecule has 1 heterocycles. The van der Waals surface area contributed by atoms with Crippen molar-refractivity contribution in [3.8, 4) is 0 Å². The van der Waals surface area contributed by atoms with E-state index >= 15 is 0 Å². The highest BCUT2D eigenvalue weighted by Gasteiger charge is 2.27. The Kier molecular flexibility index (Phi) is 3.02. The fourth-order valence-electron chi connectivity index (χ4n) is 1.55. The minimum atomic E-state index is -1.03. The maximum Gasteiger partial charge on any atom is 0.152 e. The van der Waals surface area contributed by atoms with Crippen molar-refractivity contribution >= 4 is 5.69 Å². The number of aliphatic hydroxyl groups is 1. The second-order valence-corrected chi connectivity index (χ2v) is 3.60. The van der Waals surface area contributed by atoms with Crippen LogP contribution in [0.2, 0.25) is 0 Å². The molecule has 0 radical (unpaired) electrons. The van der Waals surface area contributed by atoms with E-state index in [-0.39, 0.29) is 13.2 Å². The van der Waals surface area contributed by atoms with Crippen LogP contribution in [0.25, 0.3) is 0 Å². The summed E-state index contributed by atoms with van der Waals surface area (Å²) in [5, 5.41) is 11.8. The van der Waals surface area contributed by atoms with Crippen LogP contribution in [-0.2, 0) is 4.74 Å². The first kappa shape index (κ1) is 11.2. The van der Waals surface area contributed by atoms with Gasteiger partial charge < -0.3 is 15.2 Å². The number of anilines is 1. The molecule has 2 rings (SSSR count). The largest absolute Gasteiger partial charge is 0.388 e. The number of ether oxygens (including phenoxy) is 1. The van der Waals surface area contributed by atoms with Gasteiger partial charge in [0.25, 0.3) is 0 Å². The Morgan fingerprint density at radius 3 is 2.31 bits per heavy atom. The molecule has 6 heteroatoms. The highest BCUT2D eigenvalue weighted by Crippen LogP contribution is 2.22. The fraction of sp³-hybridized carbons (Fsp3) is 0.400. The Bertz CT molecular complexity index is 377. The summed E-state index contributed by atoms with van der Waals surface area (Å²) in [4.78, 5) is 0. The smallest absolute Gasteiger partial charge is 0.152 e. The molecule has 1 saturated heterocycles. The third-order valence-corrected chi connectivity index (χ3v) is 2.39. The Labute approximate surface area is 89.8 Å². The zero-order valence-corrected chi connectivity index (χ0v) is 8.21. The molecule has 0 bridgehead atoms. The molecule has 16 heavy (non-hydrogen) atoms. The van der Waals surface area contributed by atoms with Crippen LogP contribution < -0.4 is 5.32 Å². The van der Waals surface area contributed by atoms with Crippen molar-refractivity contribution in [1.29, 1.82) is 0 Å². The van der Waals surface area contributed by atoms with E-state index < -0.39 is 35.3 Å². The SMILES string of the molecule is OC1COCC1Nc1c(F)cc(F)cc1F. The van der Waals surface area contributed by atoms with Crippen molar-refractivity contribution in [3.63, 3.8) is 0 Å². The standard InChI is InChI=1S/C10H10F3NO2/c11-5-1-6(12)10(7(13)2-5)14-8-3-16-4-9(8)15/h1-2,8-9,14-15H,3-4H2. The van der Waals surface area contributed by atoms with E-state index in [2.05, 4.69) is 5.32 Å². The van der Waals surface area contributed by atoms with Gasteiger partial charge in [-0.05, 0) is 0 Å². The number of rotatable bonds is 2. The molecule has 1 aliphatic heterocycles. The number of hydrogen-bond donors (Lipinski definition) is 2. The molecule has 1 aromatic rings. The van der Waals surface area contributed by atoms with E-state index in [1.54, 1.807) is 0 Å². The van der Waals surface area contributed by atoms with Gasteiger partial charge in [-0.15, -0.1) is 0 Å². The van der Waals surface area contributed by atoms with Gasteiger partial charge in [-0.25, -0.2) is 13.2 Å². The van der Waals surface area contributed by atoms with Gasteiger partial charge in [0.1, 0.15) is 11.5 Å². The number of hydrogen-bond acceptors (Lipinski definition) is 3. The van der Waals surface area contributed by atoms with Crippen molar-refractivity contribution in [2.75, 3.05) is 18.5 Å². The van der Waals surface area contributed by atoms with Crippen LogP contribution in [-0.4, -0.2) is 30.5 Å².